The van der Waals surface area contributed by atoms with Crippen LogP contribution >= 0.6 is 11.9 Å². The molecule has 1 heterocycles. The first kappa shape index (κ1) is 21.2. The summed E-state index contributed by atoms with van der Waals surface area (Å²) in [5.74, 6) is -0.442. The second kappa shape index (κ2) is 8.63. The van der Waals surface area contributed by atoms with Gasteiger partial charge in [0.2, 0.25) is 0 Å². The number of aromatic nitrogens is 1. The highest BCUT2D eigenvalue weighted by atomic mass is 32.2. The molecule has 4 rings (SSSR count). The molecule has 160 valence electrons. The number of carbonyl (C=O) groups is 1. The minimum Gasteiger partial charge on any atom is -0.478 e. The fraction of sp³-hybridized carbons (Fsp3) is 0.217. The van der Waals surface area contributed by atoms with Crippen LogP contribution in [0.15, 0.2) is 71.8 Å². The van der Waals surface area contributed by atoms with Crippen LogP contribution in [0.2, 0.25) is 0 Å². The average Bonchev–Trinajstić information content (AvgIpc) is 3.59. The number of alkyl halides is 3. The summed E-state index contributed by atoms with van der Waals surface area (Å²) in [6.07, 6.45) is -1.88. The van der Waals surface area contributed by atoms with Gasteiger partial charge in [-0.25, -0.2) is 9.78 Å². The van der Waals surface area contributed by atoms with E-state index >= 15 is 0 Å². The molecule has 0 bridgehead atoms. The van der Waals surface area contributed by atoms with Gasteiger partial charge in [0.05, 0.1) is 17.7 Å². The molecule has 1 fully saturated rings. The van der Waals surface area contributed by atoms with Crippen LogP contribution in [-0.4, -0.2) is 16.1 Å². The van der Waals surface area contributed by atoms with Crippen LogP contribution in [0.5, 0.6) is 0 Å². The number of carboxylic acid groups (broad SMARTS) is 1. The van der Waals surface area contributed by atoms with Crippen molar-refractivity contribution in [1.82, 2.24) is 4.98 Å². The average molecular weight is 444 g/mol. The Bertz CT molecular complexity index is 1070. The smallest absolute Gasteiger partial charge is 0.417 e. The number of anilines is 1. The third kappa shape index (κ3) is 5.19. The van der Waals surface area contributed by atoms with E-state index in [1.54, 1.807) is 12.1 Å². The Morgan fingerprint density at radius 2 is 1.77 bits per heavy atom. The first-order valence-corrected chi connectivity index (χ1v) is 10.5. The Hall–Kier alpha value is -3.00. The standard InChI is InChI=1S/C23H19F3N2O2S/c24-23(25,26)18-12-20(16-6-7-16)21(27-13-18)28(14-15-4-2-1-3-5-15)31-19-10-8-17(9-11-19)22(29)30/h1-5,8-13,16H,6-7,14H2,(H,29,30). The van der Waals surface area contributed by atoms with Gasteiger partial charge in [0, 0.05) is 11.1 Å². The fourth-order valence-corrected chi connectivity index (χ4v) is 4.18. The second-order valence-electron chi connectivity index (χ2n) is 7.35. The summed E-state index contributed by atoms with van der Waals surface area (Å²) < 4.78 is 41.7. The predicted molar refractivity (Wildman–Crippen MR) is 113 cm³/mol. The van der Waals surface area contributed by atoms with Crippen LogP contribution in [0.25, 0.3) is 0 Å². The van der Waals surface area contributed by atoms with Gasteiger partial charge < -0.3 is 5.11 Å². The zero-order valence-electron chi connectivity index (χ0n) is 16.3. The molecule has 2 aromatic carbocycles. The highest BCUT2D eigenvalue weighted by Crippen LogP contribution is 2.47. The molecule has 0 aliphatic heterocycles. The lowest BCUT2D eigenvalue weighted by molar-refractivity contribution is -0.137. The van der Waals surface area contributed by atoms with E-state index in [0.29, 0.717) is 17.9 Å². The first-order chi connectivity index (χ1) is 14.8. The van der Waals surface area contributed by atoms with Crippen molar-refractivity contribution in [1.29, 1.82) is 0 Å². The van der Waals surface area contributed by atoms with Gasteiger partial charge >= 0.3 is 12.1 Å². The first-order valence-electron chi connectivity index (χ1n) is 9.71. The van der Waals surface area contributed by atoms with Crippen molar-refractivity contribution >= 4 is 23.7 Å². The maximum atomic E-state index is 13.3. The van der Waals surface area contributed by atoms with E-state index in [1.165, 1.54) is 30.1 Å². The maximum absolute atomic E-state index is 13.3. The lowest BCUT2D eigenvalue weighted by Gasteiger charge is -2.25. The summed E-state index contributed by atoms with van der Waals surface area (Å²) >= 11 is 1.33. The van der Waals surface area contributed by atoms with Gasteiger partial charge in [-0.15, -0.1) is 0 Å². The Labute approximate surface area is 181 Å². The molecule has 0 radical (unpaired) electrons. The van der Waals surface area contributed by atoms with E-state index in [9.17, 15) is 18.0 Å². The van der Waals surface area contributed by atoms with Gasteiger partial charge in [0.25, 0.3) is 0 Å². The predicted octanol–water partition coefficient (Wildman–Crippen LogP) is 6.39. The molecule has 1 aromatic heterocycles. The molecule has 1 saturated carbocycles. The summed E-state index contributed by atoms with van der Waals surface area (Å²) in [4.78, 5) is 16.1. The van der Waals surface area contributed by atoms with Gasteiger partial charge in [-0.05, 0) is 72.2 Å². The van der Waals surface area contributed by atoms with Gasteiger partial charge in [-0.3, -0.25) is 4.31 Å². The number of pyridine rings is 1. The molecule has 1 aliphatic carbocycles. The third-order valence-corrected chi connectivity index (χ3v) is 5.97. The minimum absolute atomic E-state index is 0.0676. The van der Waals surface area contributed by atoms with Gasteiger partial charge in [-0.1, -0.05) is 30.3 Å². The van der Waals surface area contributed by atoms with E-state index in [2.05, 4.69) is 4.98 Å². The maximum Gasteiger partial charge on any atom is 0.417 e. The zero-order valence-corrected chi connectivity index (χ0v) is 17.2. The molecule has 1 aliphatic rings. The van der Waals surface area contributed by atoms with E-state index in [1.807, 2.05) is 34.6 Å². The fourth-order valence-electron chi connectivity index (χ4n) is 3.22. The molecule has 0 spiro atoms. The number of nitrogens with zero attached hydrogens (tertiary/aromatic N) is 2. The molecule has 0 amide bonds. The number of halogens is 3. The lowest BCUT2D eigenvalue weighted by atomic mass is 10.1. The third-order valence-electron chi connectivity index (χ3n) is 4.96. The highest BCUT2D eigenvalue weighted by molar-refractivity contribution is 8.00. The highest BCUT2D eigenvalue weighted by Gasteiger charge is 2.36. The van der Waals surface area contributed by atoms with Crippen molar-refractivity contribution in [2.75, 3.05) is 4.31 Å². The molecule has 0 atom stereocenters. The molecular weight excluding hydrogens is 425 g/mol. The van der Waals surface area contributed by atoms with Crippen molar-refractivity contribution in [3.63, 3.8) is 0 Å². The van der Waals surface area contributed by atoms with Crippen molar-refractivity contribution in [2.24, 2.45) is 0 Å². The largest absolute Gasteiger partial charge is 0.478 e. The molecule has 8 heteroatoms. The minimum atomic E-state index is -4.45. The Morgan fingerprint density at radius 3 is 2.35 bits per heavy atom. The topological polar surface area (TPSA) is 53.4 Å². The van der Waals surface area contributed by atoms with Crippen molar-refractivity contribution in [2.45, 2.75) is 36.4 Å². The molecule has 31 heavy (non-hydrogen) atoms. The molecule has 0 saturated heterocycles. The Kier molecular flexibility index (Phi) is 5.91. The number of carboxylic acids is 1. The van der Waals surface area contributed by atoms with Crippen molar-refractivity contribution < 1.29 is 23.1 Å². The van der Waals surface area contributed by atoms with Crippen molar-refractivity contribution in [3.8, 4) is 0 Å². The summed E-state index contributed by atoms with van der Waals surface area (Å²) in [5.41, 5.74) is 1.01. The van der Waals surface area contributed by atoms with Gasteiger partial charge in [0.15, 0.2) is 0 Å². The molecule has 3 aromatic rings. The lowest BCUT2D eigenvalue weighted by Crippen LogP contribution is -2.18. The van der Waals surface area contributed by atoms with E-state index in [-0.39, 0.29) is 11.5 Å². The summed E-state index contributed by atoms with van der Waals surface area (Å²) in [5, 5.41) is 9.11. The number of benzene rings is 2. The number of aromatic carboxylic acids is 1. The monoisotopic (exact) mass is 444 g/mol. The molecular formula is C23H19F3N2O2S. The number of hydrogen-bond acceptors (Lipinski definition) is 4. The number of hydrogen-bond donors (Lipinski definition) is 1. The van der Waals surface area contributed by atoms with Crippen LogP contribution in [0.4, 0.5) is 19.0 Å². The second-order valence-corrected chi connectivity index (χ2v) is 8.45. The van der Waals surface area contributed by atoms with Crippen LogP contribution in [0, 0.1) is 0 Å². The van der Waals surface area contributed by atoms with E-state index in [0.717, 1.165) is 29.5 Å². The van der Waals surface area contributed by atoms with Crippen LogP contribution < -0.4 is 4.31 Å². The van der Waals surface area contributed by atoms with E-state index < -0.39 is 17.7 Å². The SMILES string of the molecule is O=C(O)c1ccc(SN(Cc2ccccc2)c2ncc(C(F)(F)F)cc2C2CC2)cc1. The Morgan fingerprint density at radius 1 is 1.10 bits per heavy atom. The van der Waals surface area contributed by atoms with Crippen LogP contribution in [0.3, 0.4) is 0 Å². The van der Waals surface area contributed by atoms with Crippen LogP contribution in [0.1, 0.15) is 45.8 Å². The quantitative estimate of drug-likeness (QED) is 0.428. The zero-order chi connectivity index (χ0) is 22.0. The van der Waals surface area contributed by atoms with E-state index in [4.69, 9.17) is 5.11 Å². The van der Waals surface area contributed by atoms with Gasteiger partial charge in [0.1, 0.15) is 5.82 Å². The summed E-state index contributed by atoms with van der Waals surface area (Å²) in [7, 11) is 0. The molecule has 4 nitrogen and oxygen atoms in total. The van der Waals surface area contributed by atoms with Crippen molar-refractivity contribution in [3.05, 3.63) is 89.1 Å². The number of rotatable bonds is 7. The van der Waals surface area contributed by atoms with Gasteiger partial charge in [-0.2, -0.15) is 13.2 Å². The normalized spacial score (nSPS) is 13.8. The molecule has 1 N–H and O–H groups in total. The van der Waals surface area contributed by atoms with Crippen LogP contribution in [-0.2, 0) is 12.7 Å². The summed E-state index contributed by atoms with van der Waals surface area (Å²) in [6, 6.07) is 17.2. The summed E-state index contributed by atoms with van der Waals surface area (Å²) in [6.45, 7) is 0.435. The molecule has 0 unspecified atom stereocenters. The Balaban J connectivity index is 1.71.